The van der Waals surface area contributed by atoms with Crippen molar-refractivity contribution < 1.29 is 37.8 Å². The minimum atomic E-state index is -4.53. The highest BCUT2D eigenvalue weighted by Crippen LogP contribution is 2.56. The number of alkyl halides is 3. The highest BCUT2D eigenvalue weighted by Gasteiger charge is 2.70. The summed E-state index contributed by atoms with van der Waals surface area (Å²) in [6.07, 6.45) is -4.09. The highest BCUT2D eigenvalue weighted by atomic mass is 19.4. The van der Waals surface area contributed by atoms with E-state index in [2.05, 4.69) is 0 Å². The van der Waals surface area contributed by atoms with Crippen LogP contribution in [0.3, 0.4) is 0 Å². The summed E-state index contributed by atoms with van der Waals surface area (Å²) in [6, 6.07) is 11.6. The molecular formula is C27H30F3N2O5+. The van der Waals surface area contributed by atoms with Gasteiger partial charge >= 0.3 is 18.2 Å². The van der Waals surface area contributed by atoms with Gasteiger partial charge in [-0.1, -0.05) is 30.3 Å². The average Bonchev–Trinajstić information content (AvgIpc) is 3.27. The quantitative estimate of drug-likeness (QED) is 0.461. The Bertz CT molecular complexity index is 1200. The Morgan fingerprint density at radius 1 is 1.05 bits per heavy atom. The van der Waals surface area contributed by atoms with Crippen LogP contribution in [0.2, 0.25) is 0 Å². The molecule has 0 radical (unpaired) electrons. The molecule has 2 aromatic rings. The molecule has 0 unspecified atom stereocenters. The summed E-state index contributed by atoms with van der Waals surface area (Å²) in [4.78, 5) is 39.7. The fraction of sp³-hybridized carbons (Fsp3) is 0.444. The number of hydrogen-bond acceptors (Lipinski definition) is 3. The van der Waals surface area contributed by atoms with Gasteiger partial charge in [0, 0.05) is 42.5 Å². The molecule has 0 spiro atoms. The molecule has 2 aromatic carbocycles. The Labute approximate surface area is 212 Å². The second-order valence-electron chi connectivity index (χ2n) is 9.78. The van der Waals surface area contributed by atoms with Gasteiger partial charge in [0.05, 0.1) is 12.0 Å². The van der Waals surface area contributed by atoms with Crippen LogP contribution in [0.25, 0.3) is 0 Å². The van der Waals surface area contributed by atoms with E-state index in [4.69, 9.17) is 5.11 Å². The number of benzene rings is 2. The molecule has 2 amide bonds. The van der Waals surface area contributed by atoms with Crippen LogP contribution in [0.5, 0.6) is 0 Å². The number of amides is 2. The van der Waals surface area contributed by atoms with E-state index in [1.807, 2.05) is 12.1 Å². The number of fused-ring (bicyclic) bond motifs is 2. The summed E-state index contributed by atoms with van der Waals surface area (Å²) in [6.45, 7) is 1.76. The third-order valence-electron chi connectivity index (χ3n) is 7.95. The molecule has 7 nitrogen and oxygen atoms in total. The predicted molar refractivity (Wildman–Crippen MR) is 129 cm³/mol. The molecule has 0 aromatic heterocycles. The lowest BCUT2D eigenvalue weighted by atomic mass is 9.78. The van der Waals surface area contributed by atoms with Crippen LogP contribution in [0, 0.1) is 5.92 Å². The number of carboxylic acids is 1. The van der Waals surface area contributed by atoms with E-state index >= 15 is 0 Å². The van der Waals surface area contributed by atoms with Gasteiger partial charge in [-0.15, -0.1) is 0 Å². The minimum Gasteiger partial charge on any atom is -0.481 e. The third kappa shape index (κ3) is 4.37. The number of carbonyl (C=O) groups excluding carboxylic acids is 1. The van der Waals surface area contributed by atoms with Crippen LogP contribution in [-0.4, -0.2) is 45.3 Å². The van der Waals surface area contributed by atoms with E-state index in [1.165, 1.54) is 12.1 Å². The number of aliphatic carboxylic acids is 1. The summed E-state index contributed by atoms with van der Waals surface area (Å²) in [7, 11) is 0. The lowest BCUT2D eigenvalue weighted by Crippen LogP contribution is -2.78. The molecule has 4 rings (SSSR count). The van der Waals surface area contributed by atoms with Crippen molar-refractivity contribution >= 4 is 23.7 Å². The average molecular weight is 520 g/mol. The molecule has 1 aliphatic carbocycles. The molecule has 3 atom stereocenters. The molecular weight excluding hydrogens is 489 g/mol. The summed E-state index contributed by atoms with van der Waals surface area (Å²) < 4.78 is 38.9. The lowest BCUT2D eigenvalue weighted by molar-refractivity contribution is -0.153. The first-order valence-electron chi connectivity index (χ1n) is 12.4. The van der Waals surface area contributed by atoms with Gasteiger partial charge in [-0.3, -0.25) is 14.5 Å². The fourth-order valence-electron chi connectivity index (χ4n) is 6.55. The highest BCUT2D eigenvalue weighted by molar-refractivity contribution is 5.88. The summed E-state index contributed by atoms with van der Waals surface area (Å²) in [5.41, 5.74) is -0.325. The Hall–Kier alpha value is -3.40. The molecule has 1 saturated carbocycles. The molecule has 2 aliphatic rings. The Kier molecular flexibility index (Phi) is 7.07. The van der Waals surface area contributed by atoms with Crippen molar-refractivity contribution in [1.29, 1.82) is 0 Å². The Morgan fingerprint density at radius 3 is 2.32 bits per heavy atom. The van der Waals surface area contributed by atoms with Crippen molar-refractivity contribution in [3.8, 4) is 0 Å². The van der Waals surface area contributed by atoms with Crippen LogP contribution in [0.15, 0.2) is 48.5 Å². The third-order valence-corrected chi connectivity index (χ3v) is 7.95. The van der Waals surface area contributed by atoms with Crippen molar-refractivity contribution in [2.75, 3.05) is 6.54 Å². The molecule has 2 N–H and O–H groups in total. The maximum Gasteiger partial charge on any atom is 0.521 e. The van der Waals surface area contributed by atoms with E-state index < -0.39 is 39.9 Å². The molecule has 1 aliphatic heterocycles. The van der Waals surface area contributed by atoms with Gasteiger partial charge in [0.25, 0.3) is 0 Å². The molecule has 1 heterocycles. The van der Waals surface area contributed by atoms with Crippen LogP contribution in [0.1, 0.15) is 55.7 Å². The first-order valence-corrected chi connectivity index (χ1v) is 12.4. The molecule has 0 bridgehead atoms. The van der Waals surface area contributed by atoms with Crippen LogP contribution < -0.4 is 4.48 Å². The standard InChI is InChI=1S/C27H29F3N2O5/c1-2-31(23(33)13-14-24(34)35)26-15-5-7-21(26)16-19-6-3-4-8-22(19)32(26,25(36)37)17-18-9-11-20(12-10-18)27(28,29)30/h3-4,6,8-12,21H,2,5,7,13-17H2,1H3,(H-,34,35,36,37)/p+1/t21-,26-,32+/m1/s1. The van der Waals surface area contributed by atoms with Gasteiger partial charge in [-0.2, -0.15) is 22.4 Å². The zero-order valence-electron chi connectivity index (χ0n) is 20.5. The van der Waals surface area contributed by atoms with Crippen molar-refractivity contribution in [3.05, 3.63) is 65.2 Å². The molecule has 0 saturated heterocycles. The van der Waals surface area contributed by atoms with Gasteiger partial charge in [0.15, 0.2) is 5.66 Å². The smallest absolute Gasteiger partial charge is 0.481 e. The van der Waals surface area contributed by atoms with Crippen LogP contribution >= 0.6 is 0 Å². The molecule has 10 heteroatoms. The zero-order chi connectivity index (χ0) is 27.0. The number of quaternary nitrogens is 1. The topological polar surface area (TPSA) is 94.9 Å². The number of hydrogen-bond donors (Lipinski definition) is 2. The molecule has 198 valence electrons. The number of carbonyl (C=O) groups is 3. The minimum absolute atomic E-state index is 0.163. The zero-order valence-corrected chi connectivity index (χ0v) is 20.5. The first kappa shape index (κ1) is 26.7. The summed E-state index contributed by atoms with van der Waals surface area (Å²) in [5, 5.41) is 20.2. The Balaban J connectivity index is 1.93. The van der Waals surface area contributed by atoms with E-state index in [1.54, 1.807) is 24.0 Å². The second-order valence-corrected chi connectivity index (χ2v) is 9.78. The monoisotopic (exact) mass is 519 g/mol. The van der Waals surface area contributed by atoms with Gasteiger partial charge in [0.1, 0.15) is 12.2 Å². The maximum absolute atomic E-state index is 13.5. The van der Waals surface area contributed by atoms with Crippen molar-refractivity contribution in [1.82, 2.24) is 9.38 Å². The number of halogens is 3. The number of carboxylic acid groups (broad SMARTS) is 2. The number of para-hydroxylation sites is 1. The predicted octanol–water partition coefficient (Wildman–Crippen LogP) is 5.66. The maximum atomic E-state index is 13.5. The summed E-state index contributed by atoms with van der Waals surface area (Å²) in [5.74, 6) is -1.78. The lowest BCUT2D eigenvalue weighted by Gasteiger charge is -2.57. The molecule has 1 fully saturated rings. The van der Waals surface area contributed by atoms with Gasteiger partial charge in [0.2, 0.25) is 5.91 Å². The van der Waals surface area contributed by atoms with Crippen LogP contribution in [0.4, 0.5) is 23.7 Å². The van der Waals surface area contributed by atoms with Crippen LogP contribution in [-0.2, 0) is 28.7 Å². The van der Waals surface area contributed by atoms with Gasteiger partial charge in [-0.25, -0.2) is 0 Å². The van der Waals surface area contributed by atoms with E-state index in [0.29, 0.717) is 36.9 Å². The van der Waals surface area contributed by atoms with Gasteiger partial charge in [-0.05, 0) is 38.3 Å². The SMILES string of the molecule is CCN(C(=O)CCC(=O)O)[C@@]12CCC[C@@H]1Cc1ccccc1[N@@+]2(Cc1ccc(C(F)(F)F)cc1)C(=O)O. The first-order chi connectivity index (χ1) is 17.5. The number of rotatable bonds is 7. The normalized spacial score (nSPS) is 24.7. The van der Waals surface area contributed by atoms with Gasteiger partial charge < -0.3 is 10.2 Å². The van der Waals surface area contributed by atoms with E-state index in [9.17, 15) is 32.7 Å². The summed E-state index contributed by atoms with van der Waals surface area (Å²) >= 11 is 0. The van der Waals surface area contributed by atoms with Crippen molar-refractivity contribution in [3.63, 3.8) is 0 Å². The van der Waals surface area contributed by atoms with E-state index in [-0.39, 0.29) is 31.8 Å². The van der Waals surface area contributed by atoms with E-state index in [0.717, 1.165) is 17.7 Å². The molecule has 37 heavy (non-hydrogen) atoms. The number of nitrogens with zero attached hydrogens (tertiary/aromatic N) is 2. The Morgan fingerprint density at radius 2 is 1.73 bits per heavy atom. The van der Waals surface area contributed by atoms with Crippen molar-refractivity contribution in [2.24, 2.45) is 5.92 Å². The fourth-order valence-corrected chi connectivity index (χ4v) is 6.55. The second kappa shape index (κ2) is 9.81. The van der Waals surface area contributed by atoms with Crippen molar-refractivity contribution in [2.45, 2.75) is 63.8 Å². The largest absolute Gasteiger partial charge is 0.521 e.